The minimum Gasteiger partial charge on any atom is -0.493 e. The first-order valence-corrected chi connectivity index (χ1v) is 7.62. The average molecular weight is 314 g/mol. The van der Waals surface area contributed by atoms with Crippen molar-refractivity contribution in [3.05, 3.63) is 23.8 Å². The van der Waals surface area contributed by atoms with Crippen molar-refractivity contribution < 1.29 is 14.3 Å². The number of ether oxygens (including phenoxy) is 2. The maximum Gasteiger partial charge on any atom is 0.226 e. The Bertz CT molecular complexity index is 475. The monoisotopic (exact) mass is 313 g/mol. The SMILES string of the molecule is CCOc1ccc(CCNC(=O)C(C)(C)CCl)cc1OC. The Kier molecular flexibility index (Phi) is 6.82. The summed E-state index contributed by atoms with van der Waals surface area (Å²) < 4.78 is 10.8. The Balaban J connectivity index is 2.58. The van der Waals surface area contributed by atoms with Gasteiger partial charge in [-0.25, -0.2) is 0 Å². The molecule has 1 rings (SSSR count). The van der Waals surface area contributed by atoms with E-state index in [1.165, 1.54) is 0 Å². The lowest BCUT2D eigenvalue weighted by Crippen LogP contribution is -2.39. The van der Waals surface area contributed by atoms with Crippen LogP contribution in [-0.4, -0.2) is 32.0 Å². The van der Waals surface area contributed by atoms with Crippen LogP contribution in [0.3, 0.4) is 0 Å². The summed E-state index contributed by atoms with van der Waals surface area (Å²) in [5.74, 6) is 1.71. The van der Waals surface area contributed by atoms with E-state index >= 15 is 0 Å². The molecule has 0 heterocycles. The molecule has 4 nitrogen and oxygen atoms in total. The number of amides is 1. The molecular weight excluding hydrogens is 290 g/mol. The van der Waals surface area contributed by atoms with Gasteiger partial charge in [0.05, 0.1) is 19.1 Å². The molecule has 21 heavy (non-hydrogen) atoms. The fourth-order valence-electron chi connectivity index (χ4n) is 1.76. The maximum atomic E-state index is 11.9. The van der Waals surface area contributed by atoms with Crippen molar-refractivity contribution in [2.75, 3.05) is 26.1 Å². The van der Waals surface area contributed by atoms with Gasteiger partial charge in [0.15, 0.2) is 11.5 Å². The minimum atomic E-state index is -0.544. The van der Waals surface area contributed by atoms with Crippen LogP contribution in [0.15, 0.2) is 18.2 Å². The predicted molar refractivity (Wildman–Crippen MR) is 85.4 cm³/mol. The van der Waals surface area contributed by atoms with Crippen LogP contribution in [0.1, 0.15) is 26.3 Å². The number of nitrogens with one attached hydrogen (secondary N) is 1. The second kappa shape index (κ2) is 8.13. The third-order valence-corrected chi connectivity index (χ3v) is 3.84. The van der Waals surface area contributed by atoms with Crippen molar-refractivity contribution in [3.8, 4) is 11.5 Å². The van der Waals surface area contributed by atoms with E-state index in [0.29, 0.717) is 24.8 Å². The molecule has 0 unspecified atom stereocenters. The van der Waals surface area contributed by atoms with Gasteiger partial charge in [0.25, 0.3) is 0 Å². The van der Waals surface area contributed by atoms with E-state index in [2.05, 4.69) is 5.32 Å². The Labute approximate surface area is 131 Å². The Morgan fingerprint density at radius 2 is 2.05 bits per heavy atom. The number of alkyl halides is 1. The van der Waals surface area contributed by atoms with Gasteiger partial charge in [-0.2, -0.15) is 0 Å². The Hall–Kier alpha value is -1.42. The number of carbonyl (C=O) groups excluding carboxylic acids is 1. The zero-order valence-corrected chi connectivity index (χ0v) is 13.9. The van der Waals surface area contributed by atoms with Crippen molar-refractivity contribution in [1.82, 2.24) is 5.32 Å². The van der Waals surface area contributed by atoms with E-state index in [-0.39, 0.29) is 5.91 Å². The smallest absolute Gasteiger partial charge is 0.226 e. The highest BCUT2D eigenvalue weighted by molar-refractivity contribution is 6.19. The second-order valence-electron chi connectivity index (χ2n) is 5.44. The summed E-state index contributed by atoms with van der Waals surface area (Å²) in [5, 5.41) is 2.90. The summed E-state index contributed by atoms with van der Waals surface area (Å²) in [7, 11) is 1.62. The molecule has 0 spiro atoms. The summed E-state index contributed by atoms with van der Waals surface area (Å²) >= 11 is 5.78. The first kappa shape index (κ1) is 17.6. The third-order valence-electron chi connectivity index (χ3n) is 3.18. The number of hydrogen-bond donors (Lipinski definition) is 1. The first-order chi connectivity index (χ1) is 9.94. The molecule has 0 fully saturated rings. The molecule has 0 saturated carbocycles. The van der Waals surface area contributed by atoms with Gasteiger partial charge in [-0.05, 0) is 44.9 Å². The van der Waals surface area contributed by atoms with Crippen molar-refractivity contribution >= 4 is 17.5 Å². The van der Waals surface area contributed by atoms with Crippen LogP contribution in [0.25, 0.3) is 0 Å². The molecule has 0 aliphatic heterocycles. The molecule has 1 N–H and O–H groups in total. The third kappa shape index (κ3) is 5.12. The largest absolute Gasteiger partial charge is 0.493 e. The molecule has 0 saturated heterocycles. The number of hydrogen-bond acceptors (Lipinski definition) is 3. The fraction of sp³-hybridized carbons (Fsp3) is 0.562. The van der Waals surface area contributed by atoms with Gasteiger partial charge >= 0.3 is 0 Å². The number of benzene rings is 1. The van der Waals surface area contributed by atoms with Gasteiger partial charge in [0.1, 0.15) is 0 Å². The van der Waals surface area contributed by atoms with E-state index in [9.17, 15) is 4.79 Å². The van der Waals surface area contributed by atoms with Gasteiger partial charge in [0, 0.05) is 12.4 Å². The molecule has 0 bridgehead atoms. The summed E-state index contributed by atoms with van der Waals surface area (Å²) in [6.45, 7) is 6.75. The lowest BCUT2D eigenvalue weighted by atomic mass is 9.95. The molecule has 0 aromatic heterocycles. The normalized spacial score (nSPS) is 11.1. The van der Waals surface area contributed by atoms with Gasteiger partial charge in [-0.15, -0.1) is 11.6 Å². The van der Waals surface area contributed by atoms with E-state index in [4.69, 9.17) is 21.1 Å². The summed E-state index contributed by atoms with van der Waals surface area (Å²) in [6, 6.07) is 5.80. The zero-order valence-electron chi connectivity index (χ0n) is 13.2. The number of halogens is 1. The number of carbonyl (C=O) groups is 1. The van der Waals surface area contributed by atoms with Crippen molar-refractivity contribution in [2.24, 2.45) is 5.41 Å². The first-order valence-electron chi connectivity index (χ1n) is 7.08. The van der Waals surface area contributed by atoms with Crippen LogP contribution in [0, 0.1) is 5.41 Å². The number of methoxy groups -OCH3 is 1. The van der Waals surface area contributed by atoms with Gasteiger partial charge in [0.2, 0.25) is 5.91 Å². The van der Waals surface area contributed by atoms with E-state index < -0.39 is 5.41 Å². The zero-order chi connectivity index (χ0) is 15.9. The molecule has 118 valence electrons. The van der Waals surface area contributed by atoms with Gasteiger partial charge < -0.3 is 14.8 Å². The van der Waals surface area contributed by atoms with Crippen molar-refractivity contribution in [1.29, 1.82) is 0 Å². The van der Waals surface area contributed by atoms with Gasteiger partial charge in [-0.1, -0.05) is 6.07 Å². The van der Waals surface area contributed by atoms with E-state index in [0.717, 1.165) is 17.7 Å². The quantitative estimate of drug-likeness (QED) is 0.750. The summed E-state index contributed by atoms with van der Waals surface area (Å²) in [4.78, 5) is 11.9. The predicted octanol–water partition coefficient (Wildman–Crippen LogP) is 3.02. The highest BCUT2D eigenvalue weighted by Gasteiger charge is 2.25. The van der Waals surface area contributed by atoms with Crippen LogP contribution in [0.2, 0.25) is 0 Å². The standard InChI is InChI=1S/C16H24ClNO3/c1-5-21-13-7-6-12(10-14(13)20-4)8-9-18-15(19)16(2,3)11-17/h6-7,10H,5,8-9,11H2,1-4H3,(H,18,19). The summed E-state index contributed by atoms with van der Waals surface area (Å²) in [5.41, 5.74) is 0.539. The van der Waals surface area contributed by atoms with Crippen LogP contribution in [-0.2, 0) is 11.2 Å². The second-order valence-corrected chi connectivity index (χ2v) is 5.71. The molecular formula is C16H24ClNO3. The Morgan fingerprint density at radius 1 is 1.33 bits per heavy atom. The molecule has 0 radical (unpaired) electrons. The average Bonchev–Trinajstić information content (AvgIpc) is 2.48. The molecule has 1 amide bonds. The molecule has 5 heteroatoms. The molecule has 0 aliphatic rings. The van der Waals surface area contributed by atoms with Crippen molar-refractivity contribution in [2.45, 2.75) is 27.2 Å². The minimum absolute atomic E-state index is 0.0320. The van der Waals surface area contributed by atoms with E-state index in [1.807, 2.05) is 39.0 Å². The van der Waals surface area contributed by atoms with Gasteiger partial charge in [-0.3, -0.25) is 4.79 Å². The van der Waals surface area contributed by atoms with Crippen molar-refractivity contribution in [3.63, 3.8) is 0 Å². The molecule has 1 aromatic carbocycles. The Morgan fingerprint density at radius 3 is 2.62 bits per heavy atom. The maximum absolute atomic E-state index is 11.9. The van der Waals surface area contributed by atoms with Crippen LogP contribution in [0.4, 0.5) is 0 Å². The van der Waals surface area contributed by atoms with Crippen LogP contribution < -0.4 is 14.8 Å². The topological polar surface area (TPSA) is 47.6 Å². The fourth-order valence-corrected chi connectivity index (χ4v) is 1.88. The van der Waals surface area contributed by atoms with Crippen LogP contribution >= 0.6 is 11.6 Å². The summed E-state index contributed by atoms with van der Waals surface area (Å²) in [6.07, 6.45) is 0.729. The van der Waals surface area contributed by atoms with E-state index in [1.54, 1.807) is 7.11 Å². The lowest BCUT2D eigenvalue weighted by molar-refractivity contribution is -0.128. The molecule has 1 aromatic rings. The molecule has 0 aliphatic carbocycles. The molecule has 0 atom stereocenters. The highest BCUT2D eigenvalue weighted by atomic mass is 35.5. The lowest BCUT2D eigenvalue weighted by Gasteiger charge is -2.20. The van der Waals surface area contributed by atoms with Crippen LogP contribution in [0.5, 0.6) is 11.5 Å². The highest BCUT2D eigenvalue weighted by Crippen LogP contribution is 2.28. The number of rotatable bonds is 8.